The number of nitrogens with zero attached hydrogens (tertiary/aromatic N) is 2. The first-order valence-corrected chi connectivity index (χ1v) is 8.86. The maximum absolute atomic E-state index is 12.6. The Balaban J connectivity index is 2.11. The minimum atomic E-state index is -3.48. The Labute approximate surface area is 131 Å². The standard InChI is InChI=1S/C14H21ClN2O3S/c1-16(13-3-5-14(20-2)6-4-13)21(18,19)17-9-7-12(11-15)8-10-17/h3-6,12H,7-11H2,1-2H3. The number of alkyl halides is 1. The molecule has 1 aliphatic rings. The lowest BCUT2D eigenvalue weighted by Crippen LogP contribution is -2.46. The fourth-order valence-electron chi connectivity index (χ4n) is 2.39. The molecule has 118 valence electrons. The first-order valence-electron chi connectivity index (χ1n) is 6.93. The SMILES string of the molecule is COc1ccc(N(C)S(=O)(=O)N2CCC(CCl)CC2)cc1. The third-order valence-electron chi connectivity index (χ3n) is 3.90. The van der Waals surface area contributed by atoms with Gasteiger partial charge in [0, 0.05) is 26.0 Å². The van der Waals surface area contributed by atoms with E-state index in [0.29, 0.717) is 36.3 Å². The highest BCUT2D eigenvalue weighted by Gasteiger charge is 2.31. The summed E-state index contributed by atoms with van der Waals surface area (Å²) >= 11 is 5.84. The molecule has 0 aromatic heterocycles. The minimum absolute atomic E-state index is 0.421. The molecule has 1 fully saturated rings. The molecule has 0 saturated carbocycles. The van der Waals surface area contributed by atoms with Crippen molar-refractivity contribution in [3.05, 3.63) is 24.3 Å². The number of ether oxygens (including phenoxy) is 1. The van der Waals surface area contributed by atoms with Crippen LogP contribution in [-0.4, -0.2) is 45.8 Å². The fraction of sp³-hybridized carbons (Fsp3) is 0.571. The van der Waals surface area contributed by atoms with Gasteiger partial charge in [0.25, 0.3) is 0 Å². The molecule has 7 heteroatoms. The highest BCUT2D eigenvalue weighted by Crippen LogP contribution is 2.25. The van der Waals surface area contributed by atoms with E-state index < -0.39 is 10.2 Å². The van der Waals surface area contributed by atoms with Crippen LogP contribution in [0.2, 0.25) is 0 Å². The first-order chi connectivity index (χ1) is 9.98. The lowest BCUT2D eigenvalue weighted by atomic mass is 10.0. The zero-order valence-electron chi connectivity index (χ0n) is 12.3. The number of anilines is 1. The van der Waals surface area contributed by atoms with E-state index in [9.17, 15) is 8.42 Å². The van der Waals surface area contributed by atoms with Crippen LogP contribution in [-0.2, 0) is 10.2 Å². The first kappa shape index (κ1) is 16.4. The zero-order chi connectivity index (χ0) is 15.5. The molecule has 1 aliphatic heterocycles. The molecule has 0 amide bonds. The van der Waals surface area contributed by atoms with E-state index in [0.717, 1.165) is 12.8 Å². The van der Waals surface area contributed by atoms with Crippen molar-refractivity contribution >= 4 is 27.5 Å². The molecule has 0 unspecified atom stereocenters. The Morgan fingerprint density at radius 3 is 2.33 bits per heavy atom. The summed E-state index contributed by atoms with van der Waals surface area (Å²) in [7, 11) is -0.330. The number of benzene rings is 1. The Hall–Kier alpha value is -0.980. The monoisotopic (exact) mass is 332 g/mol. The maximum Gasteiger partial charge on any atom is 0.303 e. The summed E-state index contributed by atoms with van der Waals surface area (Å²) in [5, 5.41) is 0. The third kappa shape index (κ3) is 3.62. The van der Waals surface area contributed by atoms with Crippen molar-refractivity contribution < 1.29 is 13.2 Å². The van der Waals surface area contributed by atoms with Gasteiger partial charge in [-0.25, -0.2) is 0 Å². The predicted molar refractivity (Wildman–Crippen MR) is 85.3 cm³/mol. The Morgan fingerprint density at radius 2 is 1.86 bits per heavy atom. The van der Waals surface area contributed by atoms with E-state index in [1.807, 2.05) is 0 Å². The van der Waals surface area contributed by atoms with Gasteiger partial charge in [0.05, 0.1) is 12.8 Å². The number of halogens is 1. The summed E-state index contributed by atoms with van der Waals surface area (Å²) < 4.78 is 33.2. The van der Waals surface area contributed by atoms with E-state index in [1.54, 1.807) is 38.4 Å². The summed E-state index contributed by atoms with van der Waals surface area (Å²) in [6.45, 7) is 1.06. The van der Waals surface area contributed by atoms with Crippen molar-refractivity contribution in [3.63, 3.8) is 0 Å². The molecule has 1 saturated heterocycles. The Kier molecular flexibility index (Phi) is 5.35. The molecular formula is C14H21ClN2O3S. The van der Waals surface area contributed by atoms with Gasteiger partial charge in [-0.05, 0) is 43.0 Å². The van der Waals surface area contributed by atoms with Crippen molar-refractivity contribution in [2.75, 3.05) is 37.4 Å². The van der Waals surface area contributed by atoms with Crippen LogP contribution in [0, 0.1) is 5.92 Å². The van der Waals surface area contributed by atoms with E-state index in [4.69, 9.17) is 16.3 Å². The van der Waals surface area contributed by atoms with Crippen molar-refractivity contribution in [2.45, 2.75) is 12.8 Å². The van der Waals surface area contributed by atoms with Crippen LogP contribution in [0.3, 0.4) is 0 Å². The van der Waals surface area contributed by atoms with Gasteiger partial charge in [0.1, 0.15) is 5.75 Å². The quantitative estimate of drug-likeness (QED) is 0.778. The van der Waals surface area contributed by atoms with Gasteiger partial charge < -0.3 is 4.74 Å². The molecule has 0 atom stereocenters. The van der Waals surface area contributed by atoms with Gasteiger partial charge in [-0.3, -0.25) is 4.31 Å². The number of hydrogen-bond donors (Lipinski definition) is 0. The van der Waals surface area contributed by atoms with E-state index in [-0.39, 0.29) is 0 Å². The summed E-state index contributed by atoms with van der Waals surface area (Å²) in [6, 6.07) is 6.98. The molecule has 1 aromatic carbocycles. The van der Waals surface area contributed by atoms with Crippen LogP contribution < -0.4 is 9.04 Å². The van der Waals surface area contributed by atoms with Gasteiger partial charge in [-0.2, -0.15) is 12.7 Å². The lowest BCUT2D eigenvalue weighted by Gasteiger charge is -2.33. The lowest BCUT2D eigenvalue weighted by molar-refractivity contribution is 0.290. The zero-order valence-corrected chi connectivity index (χ0v) is 13.9. The van der Waals surface area contributed by atoms with Crippen molar-refractivity contribution in [1.82, 2.24) is 4.31 Å². The number of methoxy groups -OCH3 is 1. The van der Waals surface area contributed by atoms with Gasteiger partial charge >= 0.3 is 10.2 Å². The molecule has 0 aliphatic carbocycles. The molecule has 2 rings (SSSR count). The summed E-state index contributed by atoms with van der Waals surface area (Å²) in [4.78, 5) is 0. The molecule has 5 nitrogen and oxygen atoms in total. The number of hydrogen-bond acceptors (Lipinski definition) is 3. The van der Waals surface area contributed by atoms with E-state index in [2.05, 4.69) is 0 Å². The van der Waals surface area contributed by atoms with Crippen LogP contribution in [0.4, 0.5) is 5.69 Å². The van der Waals surface area contributed by atoms with Crippen molar-refractivity contribution in [3.8, 4) is 5.75 Å². The van der Waals surface area contributed by atoms with Crippen molar-refractivity contribution in [1.29, 1.82) is 0 Å². The molecule has 0 N–H and O–H groups in total. The molecule has 1 aromatic rings. The summed E-state index contributed by atoms with van der Waals surface area (Å²) in [5.41, 5.74) is 0.621. The normalized spacial score (nSPS) is 17.7. The van der Waals surface area contributed by atoms with Crippen LogP contribution in [0.1, 0.15) is 12.8 Å². The van der Waals surface area contributed by atoms with E-state index in [1.165, 1.54) is 8.61 Å². The average Bonchev–Trinajstić information content (AvgIpc) is 2.54. The summed E-state index contributed by atoms with van der Waals surface area (Å²) in [5.74, 6) is 1.72. The second-order valence-electron chi connectivity index (χ2n) is 5.17. The summed E-state index contributed by atoms with van der Waals surface area (Å²) in [6.07, 6.45) is 1.64. The molecule has 21 heavy (non-hydrogen) atoms. The van der Waals surface area contributed by atoms with Crippen molar-refractivity contribution in [2.24, 2.45) is 5.92 Å². The molecule has 0 spiro atoms. The largest absolute Gasteiger partial charge is 0.497 e. The highest BCUT2D eigenvalue weighted by molar-refractivity contribution is 7.90. The Bertz CT molecular complexity index is 554. The van der Waals surface area contributed by atoms with Gasteiger partial charge in [-0.15, -0.1) is 11.6 Å². The highest BCUT2D eigenvalue weighted by atomic mass is 35.5. The third-order valence-corrected chi connectivity index (χ3v) is 6.26. The van der Waals surface area contributed by atoms with Gasteiger partial charge in [0.15, 0.2) is 0 Å². The number of piperidine rings is 1. The second kappa shape index (κ2) is 6.85. The van der Waals surface area contributed by atoms with Crippen LogP contribution in [0.5, 0.6) is 5.75 Å². The maximum atomic E-state index is 12.6. The van der Waals surface area contributed by atoms with Crippen LogP contribution >= 0.6 is 11.6 Å². The minimum Gasteiger partial charge on any atom is -0.497 e. The van der Waals surface area contributed by atoms with E-state index >= 15 is 0 Å². The predicted octanol–water partition coefficient (Wildman–Crippen LogP) is 2.33. The topological polar surface area (TPSA) is 49.9 Å². The molecular weight excluding hydrogens is 312 g/mol. The van der Waals surface area contributed by atoms with Gasteiger partial charge in [0.2, 0.25) is 0 Å². The molecule has 1 heterocycles. The van der Waals surface area contributed by atoms with Crippen LogP contribution in [0.15, 0.2) is 24.3 Å². The average molecular weight is 333 g/mol. The van der Waals surface area contributed by atoms with Crippen LogP contribution in [0.25, 0.3) is 0 Å². The Morgan fingerprint density at radius 1 is 1.29 bits per heavy atom. The van der Waals surface area contributed by atoms with Gasteiger partial charge in [-0.1, -0.05) is 0 Å². The smallest absolute Gasteiger partial charge is 0.303 e. The molecule has 0 bridgehead atoms. The molecule has 0 radical (unpaired) electrons. The second-order valence-corrected chi connectivity index (χ2v) is 7.44. The fourth-order valence-corrected chi connectivity index (χ4v) is 4.11. The number of rotatable bonds is 5.